The first-order valence-electron chi connectivity index (χ1n) is 10.3. The van der Waals surface area contributed by atoms with Gasteiger partial charge in [-0.2, -0.15) is 5.10 Å². The SMILES string of the molecule is Cn1nccc1-c1cc(NC(=O)c2ccc(F)c(F)c2)ccc1OCCN1CCCC1. The molecule has 1 amide bonds. The summed E-state index contributed by atoms with van der Waals surface area (Å²) in [4.78, 5) is 14.9. The number of ether oxygens (including phenoxy) is 1. The highest BCUT2D eigenvalue weighted by Gasteiger charge is 2.16. The maximum Gasteiger partial charge on any atom is 0.255 e. The van der Waals surface area contributed by atoms with Gasteiger partial charge in [-0.1, -0.05) is 0 Å². The second-order valence-corrected chi connectivity index (χ2v) is 7.53. The van der Waals surface area contributed by atoms with Crippen molar-refractivity contribution in [3.8, 4) is 17.0 Å². The van der Waals surface area contributed by atoms with Crippen LogP contribution in [0.4, 0.5) is 14.5 Å². The Morgan fingerprint density at radius 1 is 1.10 bits per heavy atom. The van der Waals surface area contributed by atoms with Gasteiger partial charge in [-0.15, -0.1) is 0 Å². The summed E-state index contributed by atoms with van der Waals surface area (Å²) in [6.07, 6.45) is 4.15. The van der Waals surface area contributed by atoms with Crippen molar-refractivity contribution in [1.82, 2.24) is 14.7 Å². The number of hydrogen-bond donors (Lipinski definition) is 1. The Bertz CT molecular complexity index is 1080. The number of nitrogens with one attached hydrogen (secondary N) is 1. The van der Waals surface area contributed by atoms with Crippen LogP contribution >= 0.6 is 0 Å². The molecular weight excluding hydrogens is 402 g/mol. The summed E-state index contributed by atoms with van der Waals surface area (Å²) >= 11 is 0. The lowest BCUT2D eigenvalue weighted by Gasteiger charge is -2.17. The number of carbonyl (C=O) groups excluding carboxylic acids is 1. The summed E-state index contributed by atoms with van der Waals surface area (Å²) in [5, 5.41) is 6.96. The minimum atomic E-state index is -1.06. The van der Waals surface area contributed by atoms with Gasteiger partial charge in [0.1, 0.15) is 12.4 Å². The predicted molar refractivity (Wildman–Crippen MR) is 114 cm³/mol. The number of anilines is 1. The zero-order valence-corrected chi connectivity index (χ0v) is 17.3. The molecule has 2 aromatic carbocycles. The van der Waals surface area contributed by atoms with Crippen LogP contribution in [0, 0.1) is 11.6 Å². The van der Waals surface area contributed by atoms with Crippen molar-refractivity contribution in [3.05, 3.63) is 65.9 Å². The zero-order valence-electron chi connectivity index (χ0n) is 17.3. The lowest BCUT2D eigenvalue weighted by Crippen LogP contribution is -2.25. The molecule has 0 spiro atoms. The highest BCUT2D eigenvalue weighted by Crippen LogP contribution is 2.32. The molecule has 1 aliphatic heterocycles. The molecule has 162 valence electrons. The molecule has 0 atom stereocenters. The van der Waals surface area contributed by atoms with Gasteiger partial charge in [-0.3, -0.25) is 14.4 Å². The van der Waals surface area contributed by atoms with Crippen molar-refractivity contribution in [2.45, 2.75) is 12.8 Å². The van der Waals surface area contributed by atoms with Gasteiger partial charge in [-0.25, -0.2) is 8.78 Å². The van der Waals surface area contributed by atoms with E-state index in [4.69, 9.17) is 4.74 Å². The van der Waals surface area contributed by atoms with Crippen molar-refractivity contribution in [2.75, 3.05) is 31.6 Å². The maximum atomic E-state index is 13.5. The third-order valence-corrected chi connectivity index (χ3v) is 5.38. The first-order valence-corrected chi connectivity index (χ1v) is 10.3. The predicted octanol–water partition coefficient (Wildman–Crippen LogP) is 4.09. The highest BCUT2D eigenvalue weighted by atomic mass is 19.2. The van der Waals surface area contributed by atoms with E-state index in [9.17, 15) is 13.6 Å². The number of aromatic nitrogens is 2. The van der Waals surface area contributed by atoms with Gasteiger partial charge in [0.15, 0.2) is 11.6 Å². The number of nitrogens with zero attached hydrogens (tertiary/aromatic N) is 3. The second-order valence-electron chi connectivity index (χ2n) is 7.53. The summed E-state index contributed by atoms with van der Waals surface area (Å²) in [5.74, 6) is -1.90. The molecule has 0 unspecified atom stereocenters. The molecule has 0 bridgehead atoms. The van der Waals surface area contributed by atoms with Gasteiger partial charge in [0, 0.05) is 36.6 Å². The van der Waals surface area contributed by atoms with Crippen LogP contribution in [-0.4, -0.2) is 46.8 Å². The van der Waals surface area contributed by atoms with E-state index in [1.807, 2.05) is 13.1 Å². The van der Waals surface area contributed by atoms with Gasteiger partial charge in [0.05, 0.1) is 5.69 Å². The number of likely N-dealkylation sites (tertiary alicyclic amines) is 1. The average Bonchev–Trinajstić information content (AvgIpc) is 3.42. The van der Waals surface area contributed by atoms with Gasteiger partial charge in [-0.05, 0) is 68.4 Å². The van der Waals surface area contributed by atoms with E-state index in [-0.39, 0.29) is 5.56 Å². The monoisotopic (exact) mass is 426 g/mol. The van der Waals surface area contributed by atoms with E-state index >= 15 is 0 Å². The van der Waals surface area contributed by atoms with Crippen LogP contribution < -0.4 is 10.1 Å². The standard InChI is InChI=1S/C23H24F2N4O2/c1-28-21(8-9-26-28)18-15-17(27-23(30)16-4-6-19(24)20(25)14-16)5-7-22(18)31-13-12-29-10-2-3-11-29/h4-9,14-15H,2-3,10-13H2,1H3,(H,27,30). The van der Waals surface area contributed by atoms with E-state index in [1.165, 1.54) is 18.9 Å². The van der Waals surface area contributed by atoms with Crippen LogP contribution in [0.5, 0.6) is 5.75 Å². The number of aryl methyl sites for hydroxylation is 1. The molecule has 1 N–H and O–H groups in total. The number of halogens is 2. The van der Waals surface area contributed by atoms with Gasteiger partial charge >= 0.3 is 0 Å². The molecule has 4 rings (SSSR count). The number of carbonyl (C=O) groups is 1. The van der Waals surface area contributed by atoms with E-state index in [0.29, 0.717) is 18.0 Å². The smallest absolute Gasteiger partial charge is 0.255 e. The van der Waals surface area contributed by atoms with Crippen LogP contribution in [0.15, 0.2) is 48.7 Å². The minimum Gasteiger partial charge on any atom is -0.492 e. The Labute approximate surface area is 179 Å². The van der Waals surface area contributed by atoms with Crippen LogP contribution in [0.1, 0.15) is 23.2 Å². The molecule has 3 aromatic rings. The third-order valence-electron chi connectivity index (χ3n) is 5.38. The molecule has 31 heavy (non-hydrogen) atoms. The van der Waals surface area contributed by atoms with Gasteiger partial charge in [0.25, 0.3) is 5.91 Å². The van der Waals surface area contributed by atoms with Crippen LogP contribution in [0.3, 0.4) is 0 Å². The molecule has 1 fully saturated rings. The summed E-state index contributed by atoms with van der Waals surface area (Å²) in [6.45, 7) is 3.63. The van der Waals surface area contributed by atoms with Crippen LogP contribution in [0.2, 0.25) is 0 Å². The zero-order chi connectivity index (χ0) is 21.8. The average molecular weight is 426 g/mol. The number of rotatable bonds is 7. The molecule has 1 saturated heterocycles. The summed E-state index contributed by atoms with van der Waals surface area (Å²) in [7, 11) is 1.83. The normalized spacial score (nSPS) is 14.0. The molecule has 8 heteroatoms. The topological polar surface area (TPSA) is 59.4 Å². The molecule has 0 radical (unpaired) electrons. The highest BCUT2D eigenvalue weighted by molar-refractivity contribution is 6.04. The Kier molecular flexibility index (Phi) is 6.27. The quantitative estimate of drug-likeness (QED) is 0.618. The summed E-state index contributed by atoms with van der Waals surface area (Å²) < 4.78 is 34.4. The molecule has 6 nitrogen and oxygen atoms in total. The number of hydrogen-bond acceptors (Lipinski definition) is 4. The lowest BCUT2D eigenvalue weighted by molar-refractivity contribution is 0.102. The third kappa shape index (κ3) is 4.91. The summed E-state index contributed by atoms with van der Waals surface area (Å²) in [6, 6.07) is 10.2. The Balaban J connectivity index is 1.54. The van der Waals surface area contributed by atoms with E-state index in [0.717, 1.165) is 43.0 Å². The Morgan fingerprint density at radius 3 is 2.61 bits per heavy atom. The van der Waals surface area contributed by atoms with E-state index in [1.54, 1.807) is 29.1 Å². The number of benzene rings is 2. The first kappa shape index (κ1) is 21.0. The molecular formula is C23H24F2N4O2. The Morgan fingerprint density at radius 2 is 1.90 bits per heavy atom. The fraction of sp³-hybridized carbons (Fsp3) is 0.304. The fourth-order valence-electron chi connectivity index (χ4n) is 3.70. The molecule has 0 saturated carbocycles. The van der Waals surface area contributed by atoms with Crippen molar-refractivity contribution in [1.29, 1.82) is 0 Å². The van der Waals surface area contributed by atoms with Gasteiger partial charge < -0.3 is 10.1 Å². The van der Waals surface area contributed by atoms with Crippen molar-refractivity contribution in [2.24, 2.45) is 7.05 Å². The largest absolute Gasteiger partial charge is 0.492 e. The molecule has 1 aliphatic rings. The number of amides is 1. The van der Waals surface area contributed by atoms with Crippen LogP contribution in [-0.2, 0) is 7.05 Å². The van der Waals surface area contributed by atoms with E-state index < -0.39 is 17.5 Å². The first-order chi connectivity index (χ1) is 15.0. The van der Waals surface area contributed by atoms with Crippen LogP contribution in [0.25, 0.3) is 11.3 Å². The fourth-order valence-corrected chi connectivity index (χ4v) is 3.70. The second kappa shape index (κ2) is 9.26. The summed E-state index contributed by atoms with van der Waals surface area (Å²) in [5.41, 5.74) is 2.16. The van der Waals surface area contributed by atoms with Crippen molar-refractivity contribution >= 4 is 11.6 Å². The molecule has 2 heterocycles. The lowest BCUT2D eigenvalue weighted by atomic mass is 10.1. The van der Waals surface area contributed by atoms with E-state index in [2.05, 4.69) is 15.3 Å². The minimum absolute atomic E-state index is 0.0342. The molecule has 0 aliphatic carbocycles. The molecule has 1 aromatic heterocycles. The van der Waals surface area contributed by atoms with Crippen molar-refractivity contribution in [3.63, 3.8) is 0 Å². The maximum absolute atomic E-state index is 13.5. The van der Waals surface area contributed by atoms with Crippen molar-refractivity contribution < 1.29 is 18.3 Å². The Hall–Kier alpha value is -3.26. The van der Waals surface area contributed by atoms with Gasteiger partial charge in [0.2, 0.25) is 0 Å².